The zero-order valence-corrected chi connectivity index (χ0v) is 14.4. The first-order valence-electron chi connectivity index (χ1n) is 7.87. The molecule has 0 aliphatic carbocycles. The lowest BCUT2D eigenvalue weighted by atomic mass is 10.0. The molecule has 1 N–H and O–H groups in total. The molecule has 6 heteroatoms. The number of nitrogens with zero attached hydrogens (tertiary/aromatic N) is 3. The molecule has 0 atom stereocenters. The molecule has 25 heavy (non-hydrogen) atoms. The van der Waals surface area contributed by atoms with Crippen LogP contribution in [0.15, 0.2) is 42.5 Å². The Morgan fingerprint density at radius 3 is 2.52 bits per heavy atom. The van der Waals surface area contributed by atoms with Crippen LogP contribution < -0.4 is 4.74 Å². The van der Waals surface area contributed by atoms with Gasteiger partial charge in [-0.3, -0.25) is 0 Å². The van der Waals surface area contributed by atoms with E-state index < -0.39 is 5.97 Å². The van der Waals surface area contributed by atoms with E-state index in [0.717, 1.165) is 22.3 Å². The highest BCUT2D eigenvalue weighted by Gasteiger charge is 2.21. The van der Waals surface area contributed by atoms with Gasteiger partial charge in [0.25, 0.3) is 0 Å². The fourth-order valence-corrected chi connectivity index (χ4v) is 2.73. The highest BCUT2D eigenvalue weighted by atomic mass is 16.5. The number of methoxy groups -OCH3 is 1. The average molecular weight is 337 g/mol. The van der Waals surface area contributed by atoms with Gasteiger partial charge in [-0.2, -0.15) is 0 Å². The Balaban J connectivity index is 2.08. The number of ether oxygens (including phenoxy) is 1. The van der Waals surface area contributed by atoms with Crippen molar-refractivity contribution in [2.24, 2.45) is 0 Å². The summed E-state index contributed by atoms with van der Waals surface area (Å²) < 4.78 is 6.80. The Bertz CT molecular complexity index is 914. The van der Waals surface area contributed by atoms with Crippen molar-refractivity contribution in [2.75, 3.05) is 7.11 Å². The van der Waals surface area contributed by atoms with Gasteiger partial charge in [-0.15, -0.1) is 5.10 Å². The lowest BCUT2D eigenvalue weighted by molar-refractivity contribution is 0.0691. The third-order valence-corrected chi connectivity index (χ3v) is 4.13. The second kappa shape index (κ2) is 6.76. The molecule has 3 aromatic rings. The zero-order chi connectivity index (χ0) is 18.0. The first kappa shape index (κ1) is 16.7. The van der Waals surface area contributed by atoms with E-state index in [-0.39, 0.29) is 5.69 Å². The Morgan fingerprint density at radius 1 is 1.16 bits per heavy atom. The van der Waals surface area contributed by atoms with Gasteiger partial charge in [-0.05, 0) is 49.2 Å². The van der Waals surface area contributed by atoms with Crippen molar-refractivity contribution in [3.8, 4) is 17.0 Å². The van der Waals surface area contributed by atoms with Crippen molar-refractivity contribution in [2.45, 2.75) is 20.4 Å². The summed E-state index contributed by atoms with van der Waals surface area (Å²) in [6.45, 7) is 4.50. The SMILES string of the molecule is COc1ccc(-c2c(C(=O)O)nnn2Cc2cc(C)ccc2C)cc1. The molecule has 0 unspecified atom stereocenters. The van der Waals surface area contributed by atoms with Crippen LogP contribution in [0.25, 0.3) is 11.3 Å². The third-order valence-electron chi connectivity index (χ3n) is 4.13. The van der Waals surface area contributed by atoms with Gasteiger partial charge in [0, 0.05) is 5.56 Å². The van der Waals surface area contributed by atoms with E-state index in [4.69, 9.17) is 4.74 Å². The number of aromatic nitrogens is 3. The second-order valence-corrected chi connectivity index (χ2v) is 5.91. The van der Waals surface area contributed by atoms with Gasteiger partial charge in [0.1, 0.15) is 11.4 Å². The fourth-order valence-electron chi connectivity index (χ4n) is 2.73. The van der Waals surface area contributed by atoms with Gasteiger partial charge in [-0.25, -0.2) is 9.48 Å². The van der Waals surface area contributed by atoms with Gasteiger partial charge in [0.15, 0.2) is 5.69 Å². The highest BCUT2D eigenvalue weighted by molar-refractivity contribution is 5.92. The van der Waals surface area contributed by atoms with E-state index in [1.54, 1.807) is 23.9 Å². The number of aryl methyl sites for hydroxylation is 2. The first-order chi connectivity index (χ1) is 12.0. The number of aromatic carboxylic acids is 1. The van der Waals surface area contributed by atoms with E-state index in [0.29, 0.717) is 18.0 Å². The van der Waals surface area contributed by atoms with Crippen molar-refractivity contribution in [1.82, 2.24) is 15.0 Å². The molecule has 128 valence electrons. The van der Waals surface area contributed by atoms with Crippen LogP contribution in [-0.4, -0.2) is 33.2 Å². The molecule has 0 spiro atoms. The molecule has 1 heterocycles. The van der Waals surface area contributed by atoms with Gasteiger partial charge in [-0.1, -0.05) is 29.0 Å². The molecule has 3 rings (SSSR count). The van der Waals surface area contributed by atoms with Crippen LogP contribution in [0, 0.1) is 13.8 Å². The molecule has 2 aromatic carbocycles. The third kappa shape index (κ3) is 3.38. The standard InChI is InChI=1S/C19H19N3O3/c1-12-4-5-13(2)15(10-12)11-22-18(17(19(23)24)20-21-22)14-6-8-16(25-3)9-7-14/h4-10H,11H2,1-3H3,(H,23,24). The quantitative estimate of drug-likeness (QED) is 0.773. The topological polar surface area (TPSA) is 77.2 Å². The van der Waals surface area contributed by atoms with E-state index in [1.807, 2.05) is 38.1 Å². The Hall–Kier alpha value is -3.15. The van der Waals surface area contributed by atoms with E-state index in [9.17, 15) is 9.90 Å². The summed E-state index contributed by atoms with van der Waals surface area (Å²) in [5.41, 5.74) is 4.50. The van der Waals surface area contributed by atoms with Crippen LogP contribution in [0.4, 0.5) is 0 Å². The minimum absolute atomic E-state index is 0.0597. The average Bonchev–Trinajstić information content (AvgIpc) is 3.02. The number of hydrogen-bond donors (Lipinski definition) is 1. The summed E-state index contributed by atoms with van der Waals surface area (Å²) in [6, 6.07) is 13.4. The molecule has 0 amide bonds. The van der Waals surface area contributed by atoms with Gasteiger partial charge in [0.05, 0.1) is 13.7 Å². The predicted octanol–water partition coefficient (Wildman–Crippen LogP) is 3.32. The summed E-state index contributed by atoms with van der Waals surface area (Å²) in [5, 5.41) is 17.4. The van der Waals surface area contributed by atoms with Gasteiger partial charge >= 0.3 is 5.97 Å². The number of carbonyl (C=O) groups is 1. The summed E-state index contributed by atoms with van der Waals surface area (Å²) >= 11 is 0. The second-order valence-electron chi connectivity index (χ2n) is 5.91. The molecule has 1 aromatic heterocycles. The molecule has 0 saturated heterocycles. The number of carboxylic acids is 1. The van der Waals surface area contributed by atoms with Gasteiger partial charge in [0.2, 0.25) is 0 Å². The zero-order valence-electron chi connectivity index (χ0n) is 14.4. The number of hydrogen-bond acceptors (Lipinski definition) is 4. The lowest BCUT2D eigenvalue weighted by Gasteiger charge is -2.11. The predicted molar refractivity (Wildman–Crippen MR) is 94.0 cm³/mol. The van der Waals surface area contributed by atoms with Crippen molar-refractivity contribution in [3.05, 3.63) is 64.8 Å². The molecule has 0 aliphatic heterocycles. The molecular weight excluding hydrogens is 318 g/mol. The molecule has 0 aliphatic rings. The summed E-state index contributed by atoms with van der Waals surface area (Å²) in [7, 11) is 1.59. The maximum atomic E-state index is 11.6. The van der Waals surface area contributed by atoms with Gasteiger partial charge < -0.3 is 9.84 Å². The monoisotopic (exact) mass is 337 g/mol. The van der Waals surface area contributed by atoms with Crippen LogP contribution in [0.5, 0.6) is 5.75 Å². The molecule has 6 nitrogen and oxygen atoms in total. The summed E-state index contributed by atoms with van der Waals surface area (Å²) in [6.07, 6.45) is 0. The lowest BCUT2D eigenvalue weighted by Crippen LogP contribution is -2.07. The highest BCUT2D eigenvalue weighted by Crippen LogP contribution is 2.26. The van der Waals surface area contributed by atoms with Crippen molar-refractivity contribution in [1.29, 1.82) is 0 Å². The Kier molecular flexibility index (Phi) is 4.52. The smallest absolute Gasteiger partial charge is 0.358 e. The largest absolute Gasteiger partial charge is 0.497 e. The maximum absolute atomic E-state index is 11.6. The van der Waals surface area contributed by atoms with E-state index in [1.165, 1.54) is 0 Å². The molecular formula is C19H19N3O3. The molecule has 0 bridgehead atoms. The van der Waals surface area contributed by atoms with Crippen LogP contribution in [0.2, 0.25) is 0 Å². The molecule has 0 radical (unpaired) electrons. The summed E-state index contributed by atoms with van der Waals surface area (Å²) in [5.74, 6) is -0.396. The minimum atomic E-state index is -1.10. The van der Waals surface area contributed by atoms with Crippen molar-refractivity contribution >= 4 is 5.97 Å². The fraction of sp³-hybridized carbons (Fsp3) is 0.211. The Morgan fingerprint density at radius 2 is 1.88 bits per heavy atom. The number of rotatable bonds is 5. The number of carboxylic acid groups (broad SMARTS) is 1. The van der Waals surface area contributed by atoms with Crippen molar-refractivity contribution in [3.63, 3.8) is 0 Å². The van der Waals surface area contributed by atoms with Crippen molar-refractivity contribution < 1.29 is 14.6 Å². The van der Waals surface area contributed by atoms with Crippen LogP contribution in [0.3, 0.4) is 0 Å². The Labute approximate surface area is 145 Å². The summed E-state index contributed by atoms with van der Waals surface area (Å²) in [4.78, 5) is 11.6. The maximum Gasteiger partial charge on any atom is 0.358 e. The molecule has 0 saturated carbocycles. The van der Waals surface area contributed by atoms with E-state index >= 15 is 0 Å². The normalized spacial score (nSPS) is 10.7. The number of benzene rings is 2. The van der Waals surface area contributed by atoms with Crippen LogP contribution in [0.1, 0.15) is 27.2 Å². The first-order valence-corrected chi connectivity index (χ1v) is 7.87. The van der Waals surface area contributed by atoms with Crippen LogP contribution >= 0.6 is 0 Å². The van der Waals surface area contributed by atoms with Crippen LogP contribution in [-0.2, 0) is 6.54 Å². The van der Waals surface area contributed by atoms with E-state index in [2.05, 4.69) is 16.4 Å². The molecule has 0 fully saturated rings. The minimum Gasteiger partial charge on any atom is -0.497 e.